The Morgan fingerprint density at radius 3 is 2.65 bits per heavy atom. The third kappa shape index (κ3) is 4.29. The van der Waals surface area contributed by atoms with Gasteiger partial charge in [0.1, 0.15) is 5.56 Å². The highest BCUT2D eigenvalue weighted by Crippen LogP contribution is 2.17. The number of carboxylic acids is 1. The zero-order valence-corrected chi connectivity index (χ0v) is 12.4. The van der Waals surface area contributed by atoms with Gasteiger partial charge in [-0.25, -0.2) is 17.9 Å². The lowest BCUT2D eigenvalue weighted by atomic mass is 9.95. The predicted octanol–water partition coefficient (Wildman–Crippen LogP) is 0.183. The SMILES string of the molecule is CC(C)CC(C)(O)CNS(=O)(=O)c1[nH]ncc1C(=O)O. The van der Waals surface area contributed by atoms with Crippen LogP contribution < -0.4 is 4.72 Å². The maximum atomic E-state index is 12.0. The number of rotatable bonds is 7. The van der Waals surface area contributed by atoms with Crippen molar-refractivity contribution in [2.24, 2.45) is 5.92 Å². The number of sulfonamides is 1. The van der Waals surface area contributed by atoms with Crippen molar-refractivity contribution >= 4 is 16.0 Å². The highest BCUT2D eigenvalue weighted by atomic mass is 32.2. The highest BCUT2D eigenvalue weighted by molar-refractivity contribution is 7.89. The van der Waals surface area contributed by atoms with E-state index >= 15 is 0 Å². The van der Waals surface area contributed by atoms with Crippen molar-refractivity contribution in [1.82, 2.24) is 14.9 Å². The number of nitrogens with one attached hydrogen (secondary N) is 2. The molecule has 8 nitrogen and oxygen atoms in total. The van der Waals surface area contributed by atoms with Crippen LogP contribution in [0.5, 0.6) is 0 Å². The molecule has 1 rings (SSSR count). The molecule has 0 fully saturated rings. The van der Waals surface area contributed by atoms with Crippen LogP contribution in [0.25, 0.3) is 0 Å². The van der Waals surface area contributed by atoms with Crippen molar-refractivity contribution in [3.05, 3.63) is 11.8 Å². The minimum atomic E-state index is -4.07. The summed E-state index contributed by atoms with van der Waals surface area (Å²) in [6.07, 6.45) is 1.33. The van der Waals surface area contributed by atoms with E-state index in [4.69, 9.17) is 5.11 Å². The van der Waals surface area contributed by atoms with Crippen molar-refractivity contribution in [3.8, 4) is 0 Å². The first-order valence-corrected chi connectivity index (χ1v) is 7.52. The van der Waals surface area contributed by atoms with Gasteiger partial charge in [0, 0.05) is 6.54 Å². The summed E-state index contributed by atoms with van der Waals surface area (Å²) < 4.78 is 26.2. The van der Waals surface area contributed by atoms with E-state index in [0.717, 1.165) is 6.20 Å². The standard InChI is InChI=1S/C11H19N3O5S/c1-7(2)4-11(3,17)6-13-20(18,19)9-8(10(15)16)5-12-14-9/h5,7,13,17H,4,6H2,1-3H3,(H,12,14)(H,15,16). The van der Waals surface area contributed by atoms with E-state index < -0.39 is 32.2 Å². The Balaban J connectivity index is 2.86. The van der Waals surface area contributed by atoms with Gasteiger partial charge in [-0.05, 0) is 19.3 Å². The molecule has 0 aliphatic rings. The number of carbonyl (C=O) groups is 1. The molecule has 0 amide bonds. The van der Waals surface area contributed by atoms with Gasteiger partial charge in [0.2, 0.25) is 0 Å². The van der Waals surface area contributed by atoms with Gasteiger partial charge >= 0.3 is 5.97 Å². The maximum Gasteiger partial charge on any atom is 0.340 e. The largest absolute Gasteiger partial charge is 0.478 e. The topological polar surface area (TPSA) is 132 Å². The van der Waals surface area contributed by atoms with Crippen LogP contribution >= 0.6 is 0 Å². The molecule has 4 N–H and O–H groups in total. The molecule has 0 aliphatic carbocycles. The summed E-state index contributed by atoms with van der Waals surface area (Å²) in [5.41, 5.74) is -1.66. The smallest absolute Gasteiger partial charge is 0.340 e. The van der Waals surface area contributed by atoms with Crippen LogP contribution in [0.15, 0.2) is 11.2 Å². The van der Waals surface area contributed by atoms with E-state index in [9.17, 15) is 18.3 Å². The zero-order valence-electron chi connectivity index (χ0n) is 11.5. The van der Waals surface area contributed by atoms with Crippen LogP contribution in [0.2, 0.25) is 0 Å². The lowest BCUT2D eigenvalue weighted by Gasteiger charge is -2.25. The fourth-order valence-electron chi connectivity index (χ4n) is 1.91. The molecule has 1 atom stereocenters. The summed E-state index contributed by atoms with van der Waals surface area (Å²) in [7, 11) is -4.07. The monoisotopic (exact) mass is 305 g/mol. The molecule has 0 aromatic carbocycles. The molecule has 9 heteroatoms. The Morgan fingerprint density at radius 2 is 2.15 bits per heavy atom. The summed E-state index contributed by atoms with van der Waals surface area (Å²) in [5.74, 6) is -1.20. The van der Waals surface area contributed by atoms with E-state index in [1.807, 2.05) is 13.8 Å². The predicted molar refractivity (Wildman–Crippen MR) is 70.8 cm³/mol. The van der Waals surface area contributed by atoms with Crippen molar-refractivity contribution in [3.63, 3.8) is 0 Å². The summed E-state index contributed by atoms with van der Waals surface area (Å²) >= 11 is 0. The number of aromatic nitrogens is 2. The number of carboxylic acid groups (broad SMARTS) is 1. The number of aliphatic hydroxyl groups is 1. The van der Waals surface area contributed by atoms with Gasteiger partial charge in [-0.15, -0.1) is 0 Å². The second-order valence-corrected chi connectivity index (χ2v) is 7.04. The van der Waals surface area contributed by atoms with Crippen LogP contribution in [0, 0.1) is 5.92 Å². The Morgan fingerprint density at radius 1 is 1.55 bits per heavy atom. The fourth-order valence-corrected chi connectivity index (χ4v) is 3.15. The van der Waals surface area contributed by atoms with Crippen molar-refractivity contribution in [2.75, 3.05) is 6.54 Å². The van der Waals surface area contributed by atoms with E-state index in [2.05, 4.69) is 14.9 Å². The van der Waals surface area contributed by atoms with Gasteiger partial charge in [0.25, 0.3) is 10.0 Å². The second kappa shape index (κ2) is 5.90. The zero-order chi connectivity index (χ0) is 15.6. The average Bonchev–Trinajstić information content (AvgIpc) is 2.74. The highest BCUT2D eigenvalue weighted by Gasteiger charge is 2.29. The molecule has 114 valence electrons. The maximum absolute atomic E-state index is 12.0. The summed E-state index contributed by atoms with van der Waals surface area (Å²) in [4.78, 5) is 10.9. The second-order valence-electron chi connectivity index (χ2n) is 5.34. The Bertz CT molecular complexity index is 577. The quantitative estimate of drug-likeness (QED) is 0.568. The number of aromatic amines is 1. The Labute approximate surface area is 117 Å². The van der Waals surface area contributed by atoms with Crippen LogP contribution in [-0.2, 0) is 10.0 Å². The van der Waals surface area contributed by atoms with Crippen LogP contribution in [-0.4, -0.2) is 46.9 Å². The van der Waals surface area contributed by atoms with Gasteiger partial charge < -0.3 is 10.2 Å². The lowest BCUT2D eigenvalue weighted by molar-refractivity contribution is 0.0436. The molecule has 0 bridgehead atoms. The van der Waals surface area contributed by atoms with E-state index in [0.29, 0.717) is 6.42 Å². The number of H-pyrrole nitrogens is 1. The van der Waals surface area contributed by atoms with Crippen molar-refractivity contribution in [1.29, 1.82) is 0 Å². The minimum absolute atomic E-state index is 0.191. The molecular weight excluding hydrogens is 286 g/mol. The van der Waals surface area contributed by atoms with E-state index in [1.165, 1.54) is 6.92 Å². The lowest BCUT2D eigenvalue weighted by Crippen LogP contribution is -2.41. The van der Waals surface area contributed by atoms with Gasteiger partial charge in [0.15, 0.2) is 5.03 Å². The van der Waals surface area contributed by atoms with Gasteiger partial charge in [-0.2, -0.15) is 5.10 Å². The van der Waals surface area contributed by atoms with Crippen LogP contribution in [0.4, 0.5) is 0 Å². The summed E-state index contributed by atoms with van der Waals surface area (Å²) in [6.45, 7) is 5.10. The Hall–Kier alpha value is -1.45. The number of hydrogen-bond acceptors (Lipinski definition) is 5. The molecule has 1 aromatic heterocycles. The molecule has 0 saturated carbocycles. The van der Waals surface area contributed by atoms with Gasteiger partial charge in [-0.1, -0.05) is 13.8 Å². The number of aromatic carboxylic acids is 1. The van der Waals surface area contributed by atoms with E-state index in [-0.39, 0.29) is 12.5 Å². The molecule has 0 saturated heterocycles. The van der Waals surface area contributed by atoms with Crippen molar-refractivity contribution in [2.45, 2.75) is 37.8 Å². The molecule has 20 heavy (non-hydrogen) atoms. The molecule has 0 aliphatic heterocycles. The molecule has 0 radical (unpaired) electrons. The Kier molecular flexibility index (Phi) is 4.90. The molecule has 1 heterocycles. The number of nitrogens with zero attached hydrogens (tertiary/aromatic N) is 1. The first-order valence-electron chi connectivity index (χ1n) is 6.04. The fraction of sp³-hybridized carbons (Fsp3) is 0.636. The number of hydrogen-bond donors (Lipinski definition) is 4. The molecule has 1 unspecified atom stereocenters. The first-order chi connectivity index (χ1) is 9.05. The average molecular weight is 305 g/mol. The van der Waals surface area contributed by atoms with Gasteiger partial charge in [-0.3, -0.25) is 5.10 Å². The third-order valence-corrected chi connectivity index (χ3v) is 3.97. The van der Waals surface area contributed by atoms with E-state index in [1.54, 1.807) is 0 Å². The van der Waals surface area contributed by atoms with Crippen molar-refractivity contribution < 1.29 is 23.4 Å². The molecule has 1 aromatic rings. The minimum Gasteiger partial charge on any atom is -0.478 e. The summed E-state index contributed by atoms with van der Waals surface area (Å²) in [6, 6.07) is 0. The first kappa shape index (κ1) is 16.6. The van der Waals surface area contributed by atoms with Crippen LogP contribution in [0.3, 0.4) is 0 Å². The third-order valence-electron chi connectivity index (χ3n) is 2.59. The normalized spacial score (nSPS) is 15.2. The summed E-state index contributed by atoms with van der Waals surface area (Å²) in [5, 5.41) is 24.0. The van der Waals surface area contributed by atoms with Gasteiger partial charge in [0.05, 0.1) is 11.8 Å². The van der Waals surface area contributed by atoms with Crippen LogP contribution in [0.1, 0.15) is 37.6 Å². The molecule has 0 spiro atoms. The molecular formula is C11H19N3O5S.